The molecule has 0 aliphatic heterocycles. The summed E-state index contributed by atoms with van der Waals surface area (Å²) in [6.07, 6.45) is 10.8. The molecule has 0 saturated carbocycles. The molecule has 0 amide bonds. The second-order valence-corrected chi connectivity index (χ2v) is 37.7. The van der Waals surface area contributed by atoms with Gasteiger partial charge in [0.2, 0.25) is 0 Å². The van der Waals surface area contributed by atoms with E-state index in [9.17, 15) is 56.1 Å². The van der Waals surface area contributed by atoms with E-state index in [1.165, 1.54) is 145 Å². The van der Waals surface area contributed by atoms with Gasteiger partial charge >= 0.3 is 0 Å². The van der Waals surface area contributed by atoms with Gasteiger partial charge in [-0.3, -0.25) is 4.84 Å². The number of ether oxygens (including phenoxy) is 2. The van der Waals surface area contributed by atoms with Crippen LogP contribution >= 0.6 is 15.9 Å². The van der Waals surface area contributed by atoms with Crippen molar-refractivity contribution in [1.29, 1.82) is 5.26 Å². The van der Waals surface area contributed by atoms with Crippen molar-refractivity contribution in [2.24, 2.45) is 0 Å². The second-order valence-electron chi connectivity index (χ2n) is 36.8. The summed E-state index contributed by atoms with van der Waals surface area (Å²) in [6.45, 7) is 6.25. The first-order valence-corrected chi connectivity index (χ1v) is 48.2. The van der Waals surface area contributed by atoms with Gasteiger partial charge in [0.15, 0.2) is 0 Å². The molecule has 17 heteroatoms. The van der Waals surface area contributed by atoms with E-state index >= 15 is 0 Å². The third-order valence-corrected chi connectivity index (χ3v) is 27.5. The predicted molar refractivity (Wildman–Crippen MR) is 563 cm³/mol. The van der Waals surface area contributed by atoms with Crippen molar-refractivity contribution in [3.63, 3.8) is 0 Å². The lowest BCUT2D eigenvalue weighted by Gasteiger charge is -2.11. The van der Waals surface area contributed by atoms with Gasteiger partial charge in [0.1, 0.15) is 69.0 Å². The summed E-state index contributed by atoms with van der Waals surface area (Å²) in [5.74, 6) is 4.72. The first-order chi connectivity index (χ1) is 68.9. The zero-order chi connectivity index (χ0) is 98.5. The Balaban J connectivity index is 0.000000102. The number of fused-ring (bicyclic) bond motifs is 27. The van der Waals surface area contributed by atoms with Gasteiger partial charge in [0.25, 0.3) is 5.09 Å². The van der Waals surface area contributed by atoms with Gasteiger partial charge in [0, 0.05) is 4.47 Å². The van der Waals surface area contributed by atoms with Crippen molar-refractivity contribution in [3.05, 3.63) is 472 Å². The summed E-state index contributed by atoms with van der Waals surface area (Å²) in [6, 6.07) is 113. The molecule has 0 radical (unpaired) electrons. The molecular weight excluding hydrogens is 1830 g/mol. The van der Waals surface area contributed by atoms with Gasteiger partial charge in [-0.2, -0.15) is 5.26 Å². The van der Waals surface area contributed by atoms with Crippen LogP contribution in [0.2, 0.25) is 0 Å². The maximum Gasteiger partial charge on any atom is 0.299 e. The largest absolute Gasteiger partial charge is 0.508 e. The molecule has 0 atom stereocenters. The number of benzene rings is 18. The van der Waals surface area contributed by atoms with Gasteiger partial charge < -0.3 is 55.4 Å². The highest BCUT2D eigenvalue weighted by molar-refractivity contribution is 9.10. The quantitative estimate of drug-likeness (QED) is 0.0530. The number of phenols is 9. The second kappa shape index (κ2) is 40.9. The maximum atomic E-state index is 10.3. The Kier molecular flexibility index (Phi) is 27.1. The number of rotatable bonds is 7. The van der Waals surface area contributed by atoms with Crippen LogP contribution in [0.15, 0.2) is 350 Å². The molecule has 27 rings (SSSR count). The summed E-state index contributed by atoms with van der Waals surface area (Å²) >= 11 is 3.47. The van der Waals surface area contributed by atoms with Crippen LogP contribution in [0.25, 0.3) is 100 Å². The number of aryl methyl sites for hydroxylation is 1. The molecule has 0 bridgehead atoms. The average Bonchev–Trinajstić information content (AvgIpc) is 1.56. The monoisotopic (exact) mass is 1930 g/mol. The summed E-state index contributed by atoms with van der Waals surface area (Å²) in [7, 11) is 1.68. The minimum Gasteiger partial charge on any atom is -0.508 e. The molecule has 9 aliphatic carbocycles. The molecular formula is C125H101BrN2O14. The van der Waals surface area contributed by atoms with Crippen molar-refractivity contribution in [1.82, 2.24) is 0 Å². The smallest absolute Gasteiger partial charge is 0.299 e. The van der Waals surface area contributed by atoms with E-state index in [4.69, 9.17) is 14.7 Å². The molecule has 0 saturated heterocycles. The molecule has 0 unspecified atom stereocenters. The Morgan fingerprint density at radius 1 is 0.296 bits per heavy atom. The molecule has 18 aromatic carbocycles. The van der Waals surface area contributed by atoms with Gasteiger partial charge in [-0.1, -0.05) is 205 Å². The van der Waals surface area contributed by atoms with Gasteiger partial charge in [-0.25, -0.2) is 0 Å². The van der Waals surface area contributed by atoms with Crippen LogP contribution in [0.1, 0.15) is 138 Å². The van der Waals surface area contributed by atoms with Crippen molar-refractivity contribution >= 4 is 15.9 Å². The Bertz CT molecular complexity index is 7920. The van der Waals surface area contributed by atoms with Crippen molar-refractivity contribution in [2.45, 2.75) is 97.5 Å². The Morgan fingerprint density at radius 2 is 0.570 bits per heavy atom. The lowest BCUT2D eigenvalue weighted by molar-refractivity contribution is -0.711. The molecule has 142 heavy (non-hydrogen) atoms. The lowest BCUT2D eigenvalue weighted by Crippen LogP contribution is -2.05. The molecule has 9 aliphatic rings. The van der Waals surface area contributed by atoms with Crippen LogP contribution in [-0.4, -0.2) is 64.3 Å². The number of halogens is 1. The zero-order valence-corrected chi connectivity index (χ0v) is 80.2. The third-order valence-electron chi connectivity index (χ3n) is 27.0. The van der Waals surface area contributed by atoms with Crippen LogP contribution in [0.3, 0.4) is 0 Å². The fourth-order valence-corrected chi connectivity index (χ4v) is 21.0. The highest BCUT2D eigenvalue weighted by atomic mass is 79.9. The number of hydrogen-bond donors (Lipinski definition) is 9. The highest BCUT2D eigenvalue weighted by Gasteiger charge is 2.28. The summed E-state index contributed by atoms with van der Waals surface area (Å²) in [5, 5.41) is 104. The Labute approximate surface area is 832 Å². The maximum absolute atomic E-state index is 10.3. The molecule has 9 N–H and O–H groups in total. The normalized spacial score (nSPS) is 12.1. The molecule has 18 aromatic rings. The topological polar surface area (TPSA) is 277 Å². The first kappa shape index (κ1) is 93.9. The minimum atomic E-state index is -0.824. The molecule has 0 heterocycles. The van der Waals surface area contributed by atoms with Crippen molar-refractivity contribution in [3.8, 4) is 175 Å². The number of nitrogens with zero attached hydrogens (tertiary/aromatic N) is 2. The van der Waals surface area contributed by atoms with Crippen LogP contribution < -0.4 is 14.3 Å². The number of phenolic OH excluding ortho intramolecular Hbond substituents is 9. The van der Waals surface area contributed by atoms with E-state index in [1.54, 1.807) is 104 Å². The zero-order valence-electron chi connectivity index (χ0n) is 78.6. The van der Waals surface area contributed by atoms with Gasteiger partial charge in [-0.05, 0) is 454 Å². The van der Waals surface area contributed by atoms with Crippen molar-refractivity contribution < 1.29 is 65.4 Å². The van der Waals surface area contributed by atoms with E-state index in [0.29, 0.717) is 40.7 Å². The molecule has 702 valence electrons. The van der Waals surface area contributed by atoms with Crippen LogP contribution in [0.5, 0.6) is 69.0 Å². The summed E-state index contributed by atoms with van der Waals surface area (Å²) in [4.78, 5) is 14.7. The minimum absolute atomic E-state index is 0.174. The van der Waals surface area contributed by atoms with Crippen LogP contribution in [-0.2, 0) is 64.2 Å². The lowest BCUT2D eigenvalue weighted by atomic mass is 9.96. The third kappa shape index (κ3) is 20.5. The molecule has 16 nitrogen and oxygen atoms in total. The molecule has 0 spiro atoms. The number of aromatic hydroxyl groups is 9. The molecule has 0 aromatic heterocycles. The predicted octanol–water partition coefficient (Wildman–Crippen LogP) is 28.6. The fraction of sp³-hybridized carbons (Fsp3) is 0.128. The van der Waals surface area contributed by atoms with E-state index in [-0.39, 0.29) is 34.9 Å². The molecule has 0 fully saturated rings. The Morgan fingerprint density at radius 3 is 0.944 bits per heavy atom. The van der Waals surface area contributed by atoms with E-state index < -0.39 is 5.09 Å². The summed E-state index contributed by atoms with van der Waals surface area (Å²) < 4.78 is 12.0. The van der Waals surface area contributed by atoms with Crippen LogP contribution in [0, 0.1) is 21.4 Å². The summed E-state index contributed by atoms with van der Waals surface area (Å²) in [5.41, 5.74) is 46.1. The first-order valence-electron chi connectivity index (χ1n) is 47.4. The number of nitriles is 1. The van der Waals surface area contributed by atoms with E-state index in [0.717, 1.165) is 141 Å². The standard InChI is InChI=1S/C16H16O2.C16H16O.C14H9NO.C14H12O2.C13H9BrO.C13H9NO4.C13H10O2.C13H10O.C13H10/c1-10(2)18-14-6-4-12-7-11-3-5-13(17)8-15(11)16(12)9-14;1-2-4-11-5-3-6-13-9-12-7-8-14(17)10-15(12)16(11)13;15-8-9-1-4-13-11(5-9)6-10-2-3-12(16)7-14(10)13;1-16-12-4-5-13-10(7-12)6-9-2-3-11(15)8-14(9)13;14-10-2-4-12-9(6-10)5-8-1-3-11(15)7-13(8)12;15-10-2-1-8-5-9-6-11(18-14(16)17)3-4-12(9)13(8)7-10;14-10-3-1-8-5-9-2-4-11(15)7-13(9)12(8)6-10;14-11-6-5-10-7-9-3-1-2-4-12(9)13(10)8-11;1-3-7-12-10(5-1)9-11-6-2-4-8-13(11)12/h3-6,8-10,17H,7H2,1-2H3;3,5-8,10,17H,2,4,9H2,1H3;1-5,7,16H,6H2;2-5,7-8,15H,6H2,1H3;1-4,6-7,15H,5H2;1-4,6-7,15H,5H2;1-4,6-7,14-15H,5H2;1-6,8,14H,7H2;1-8H,9H2. The van der Waals surface area contributed by atoms with Crippen LogP contribution in [0.4, 0.5) is 0 Å². The van der Waals surface area contributed by atoms with E-state index in [1.807, 2.05) is 141 Å². The van der Waals surface area contributed by atoms with Gasteiger partial charge in [-0.15, -0.1) is 10.1 Å². The number of methoxy groups -OCH3 is 1. The van der Waals surface area contributed by atoms with Gasteiger partial charge in [0.05, 0.1) is 24.8 Å². The average molecular weight is 1940 g/mol. The number of hydrogen-bond acceptors (Lipinski definition) is 15. The fourth-order valence-electron chi connectivity index (χ4n) is 20.6. The Hall–Kier alpha value is -17.1. The highest BCUT2D eigenvalue weighted by Crippen LogP contribution is 2.49. The van der Waals surface area contributed by atoms with E-state index in [2.05, 4.69) is 155 Å². The van der Waals surface area contributed by atoms with Crippen molar-refractivity contribution in [2.75, 3.05) is 7.11 Å². The SMILES string of the molecule is CC(C)Oc1ccc2c(c1)-c1cc(O)ccc1C2.CCCc1cccc2c1-c1cc(O)ccc1C2.COc1ccc2c(c1)Cc1ccc(O)cc1-2.N#Cc1ccc2c(c1)Cc1ccc(O)cc1-2.O=[N+]([O-])Oc1ccc2c(c1)Cc1ccc(O)cc1-2.Oc1ccc2c(c1)-c1cc(O)ccc1C2.Oc1ccc2c(c1)-c1ccc(Br)cc1C2.Oc1ccc2c(c1)-c1ccccc1C2.c1ccc2c(c1)Cc1ccccc1-2.